The predicted molar refractivity (Wildman–Crippen MR) is 87.1 cm³/mol. The molecule has 1 aliphatic carbocycles. The normalized spacial score (nSPS) is 13.1. The van der Waals surface area contributed by atoms with Crippen LogP contribution in [-0.4, -0.2) is 4.98 Å². The second-order valence-electron chi connectivity index (χ2n) is 5.58. The van der Waals surface area contributed by atoms with Gasteiger partial charge in [0, 0.05) is 11.1 Å². The Kier molecular flexibility index (Phi) is 3.04. The van der Waals surface area contributed by atoms with E-state index in [1.165, 1.54) is 40.8 Å². The van der Waals surface area contributed by atoms with E-state index < -0.39 is 0 Å². The van der Waals surface area contributed by atoms with Crippen molar-refractivity contribution in [2.75, 3.05) is 0 Å². The van der Waals surface area contributed by atoms with E-state index in [4.69, 9.17) is 4.98 Å². The zero-order chi connectivity index (χ0) is 14.1. The first kappa shape index (κ1) is 12.3. The number of hydrogen-bond acceptors (Lipinski definition) is 1. The van der Waals surface area contributed by atoms with Crippen LogP contribution in [0.1, 0.15) is 17.5 Å². The largest absolute Gasteiger partial charge is 0.247 e. The first-order valence-corrected chi connectivity index (χ1v) is 7.55. The van der Waals surface area contributed by atoms with Gasteiger partial charge in [0.15, 0.2) is 0 Å². The zero-order valence-corrected chi connectivity index (χ0v) is 11.9. The van der Waals surface area contributed by atoms with E-state index in [0.717, 1.165) is 12.1 Å². The van der Waals surface area contributed by atoms with Crippen molar-refractivity contribution in [3.63, 3.8) is 0 Å². The summed E-state index contributed by atoms with van der Waals surface area (Å²) in [5.74, 6) is 0. The van der Waals surface area contributed by atoms with Crippen LogP contribution in [0.2, 0.25) is 0 Å². The van der Waals surface area contributed by atoms with Gasteiger partial charge in [-0.1, -0.05) is 60.7 Å². The first-order chi connectivity index (χ1) is 10.4. The molecule has 0 N–H and O–H groups in total. The molecular weight excluding hydrogens is 254 g/mol. The highest BCUT2D eigenvalue weighted by Gasteiger charge is 2.19. The fraction of sp³-hybridized carbons (Fsp3) is 0.150. The molecule has 1 heterocycles. The molecule has 1 aliphatic rings. The summed E-state index contributed by atoms with van der Waals surface area (Å²) in [5, 5.41) is 0. The zero-order valence-electron chi connectivity index (χ0n) is 11.9. The van der Waals surface area contributed by atoms with Gasteiger partial charge in [-0.3, -0.25) is 0 Å². The molecule has 0 saturated heterocycles. The standard InChI is InChI=1S/C20H17N/c1-3-8-15(9-4-1)19-14-17-12-7-13-18(17)20(21-19)16-10-5-2-6-11-16/h1-6,8-11,14H,7,12-13H2. The molecule has 4 rings (SSSR count). The Morgan fingerprint density at radius 2 is 1.38 bits per heavy atom. The van der Waals surface area contributed by atoms with Crippen LogP contribution in [-0.2, 0) is 12.8 Å². The number of fused-ring (bicyclic) bond motifs is 1. The number of nitrogens with zero attached hydrogens (tertiary/aromatic N) is 1. The Labute approximate surface area is 125 Å². The van der Waals surface area contributed by atoms with Crippen molar-refractivity contribution in [1.82, 2.24) is 4.98 Å². The minimum atomic E-state index is 1.09. The highest BCUT2D eigenvalue weighted by Crippen LogP contribution is 2.34. The van der Waals surface area contributed by atoms with Crippen molar-refractivity contribution < 1.29 is 0 Å². The lowest BCUT2D eigenvalue weighted by molar-refractivity contribution is 0.911. The number of hydrogen-bond donors (Lipinski definition) is 0. The van der Waals surface area contributed by atoms with Crippen molar-refractivity contribution in [2.24, 2.45) is 0 Å². The monoisotopic (exact) mass is 271 g/mol. The number of aryl methyl sites for hydroxylation is 1. The fourth-order valence-electron chi connectivity index (χ4n) is 3.17. The van der Waals surface area contributed by atoms with Gasteiger partial charge in [0.25, 0.3) is 0 Å². The van der Waals surface area contributed by atoms with Gasteiger partial charge >= 0.3 is 0 Å². The molecule has 21 heavy (non-hydrogen) atoms. The van der Waals surface area contributed by atoms with Crippen LogP contribution in [0.3, 0.4) is 0 Å². The van der Waals surface area contributed by atoms with Crippen LogP contribution in [0.25, 0.3) is 22.5 Å². The number of pyridine rings is 1. The molecule has 0 atom stereocenters. The molecule has 2 aromatic carbocycles. The number of aromatic nitrogens is 1. The minimum absolute atomic E-state index is 1.09. The van der Waals surface area contributed by atoms with E-state index >= 15 is 0 Å². The third-order valence-electron chi connectivity index (χ3n) is 4.21. The summed E-state index contributed by atoms with van der Waals surface area (Å²) in [4.78, 5) is 4.98. The molecule has 1 aromatic heterocycles. The fourth-order valence-corrected chi connectivity index (χ4v) is 3.17. The summed E-state index contributed by atoms with van der Waals surface area (Å²) >= 11 is 0. The van der Waals surface area contributed by atoms with Gasteiger partial charge in [-0.05, 0) is 36.5 Å². The van der Waals surface area contributed by atoms with Gasteiger partial charge in [-0.2, -0.15) is 0 Å². The first-order valence-electron chi connectivity index (χ1n) is 7.55. The molecular formula is C20H17N. The summed E-state index contributed by atoms with van der Waals surface area (Å²) in [6.45, 7) is 0. The molecule has 0 bridgehead atoms. The summed E-state index contributed by atoms with van der Waals surface area (Å²) in [6, 6.07) is 23.3. The molecule has 0 fully saturated rings. The lowest BCUT2D eigenvalue weighted by Crippen LogP contribution is -1.96. The topological polar surface area (TPSA) is 12.9 Å². The molecule has 0 radical (unpaired) electrons. The van der Waals surface area contributed by atoms with Crippen LogP contribution < -0.4 is 0 Å². The average molecular weight is 271 g/mol. The summed E-state index contributed by atoms with van der Waals surface area (Å²) in [5.41, 5.74) is 7.61. The molecule has 0 spiro atoms. The van der Waals surface area contributed by atoms with Crippen LogP contribution in [0.4, 0.5) is 0 Å². The minimum Gasteiger partial charge on any atom is -0.247 e. The molecule has 0 unspecified atom stereocenters. The van der Waals surface area contributed by atoms with Crippen molar-refractivity contribution in [1.29, 1.82) is 0 Å². The number of rotatable bonds is 2. The van der Waals surface area contributed by atoms with Crippen molar-refractivity contribution >= 4 is 0 Å². The molecule has 1 heteroatoms. The van der Waals surface area contributed by atoms with Crippen molar-refractivity contribution in [3.05, 3.63) is 77.9 Å². The third-order valence-corrected chi connectivity index (χ3v) is 4.21. The van der Waals surface area contributed by atoms with E-state index in [2.05, 4.69) is 66.7 Å². The Balaban J connectivity index is 1.92. The molecule has 3 aromatic rings. The number of benzene rings is 2. The van der Waals surface area contributed by atoms with E-state index in [1.54, 1.807) is 0 Å². The Bertz CT molecular complexity index is 761. The molecule has 1 nitrogen and oxygen atoms in total. The molecule has 0 aliphatic heterocycles. The van der Waals surface area contributed by atoms with E-state index in [9.17, 15) is 0 Å². The van der Waals surface area contributed by atoms with Crippen LogP contribution in [0, 0.1) is 0 Å². The Hall–Kier alpha value is -2.41. The van der Waals surface area contributed by atoms with Gasteiger partial charge in [0.05, 0.1) is 11.4 Å². The average Bonchev–Trinajstić information content (AvgIpc) is 3.04. The summed E-state index contributed by atoms with van der Waals surface area (Å²) in [6.07, 6.45) is 3.58. The lowest BCUT2D eigenvalue weighted by Gasteiger charge is -2.11. The lowest BCUT2D eigenvalue weighted by atomic mass is 10.00. The van der Waals surface area contributed by atoms with E-state index in [-0.39, 0.29) is 0 Å². The van der Waals surface area contributed by atoms with E-state index in [1.807, 2.05) is 0 Å². The van der Waals surface area contributed by atoms with Gasteiger partial charge in [-0.25, -0.2) is 4.98 Å². The highest BCUT2D eigenvalue weighted by molar-refractivity contribution is 5.71. The van der Waals surface area contributed by atoms with Crippen LogP contribution in [0.5, 0.6) is 0 Å². The van der Waals surface area contributed by atoms with Gasteiger partial charge in [0.1, 0.15) is 0 Å². The van der Waals surface area contributed by atoms with Crippen LogP contribution in [0.15, 0.2) is 66.7 Å². The Morgan fingerprint density at radius 1 is 0.714 bits per heavy atom. The maximum atomic E-state index is 4.98. The highest BCUT2D eigenvalue weighted by atomic mass is 14.7. The quantitative estimate of drug-likeness (QED) is 0.645. The maximum absolute atomic E-state index is 4.98. The molecule has 102 valence electrons. The Morgan fingerprint density at radius 3 is 2.10 bits per heavy atom. The van der Waals surface area contributed by atoms with Gasteiger partial charge in [0.2, 0.25) is 0 Å². The van der Waals surface area contributed by atoms with Crippen molar-refractivity contribution in [3.8, 4) is 22.5 Å². The SMILES string of the molecule is c1ccc(-c2cc3c(c(-c4ccccc4)n2)CCC3)cc1. The second kappa shape index (κ2) is 5.17. The smallest absolute Gasteiger partial charge is 0.0744 e. The molecule has 0 amide bonds. The molecule has 0 saturated carbocycles. The van der Waals surface area contributed by atoms with Crippen molar-refractivity contribution in [2.45, 2.75) is 19.3 Å². The van der Waals surface area contributed by atoms with Gasteiger partial charge in [-0.15, -0.1) is 0 Å². The second-order valence-corrected chi connectivity index (χ2v) is 5.58. The summed E-state index contributed by atoms with van der Waals surface area (Å²) < 4.78 is 0. The predicted octanol–water partition coefficient (Wildman–Crippen LogP) is 4.90. The van der Waals surface area contributed by atoms with E-state index in [0.29, 0.717) is 0 Å². The van der Waals surface area contributed by atoms with Crippen LogP contribution >= 0.6 is 0 Å². The maximum Gasteiger partial charge on any atom is 0.0744 e. The van der Waals surface area contributed by atoms with Gasteiger partial charge < -0.3 is 0 Å². The summed E-state index contributed by atoms with van der Waals surface area (Å²) in [7, 11) is 0. The third kappa shape index (κ3) is 2.25.